The van der Waals surface area contributed by atoms with Crippen LogP contribution in [-0.4, -0.2) is 35.3 Å². The number of carbonyl (C=O) groups excluding carboxylic acids is 1. The molecule has 192 valence electrons. The van der Waals surface area contributed by atoms with Crippen LogP contribution in [0.1, 0.15) is 27.4 Å². The summed E-state index contributed by atoms with van der Waals surface area (Å²) in [7, 11) is 0. The topological polar surface area (TPSA) is 101 Å². The summed E-state index contributed by atoms with van der Waals surface area (Å²) in [5.74, 6) is 2.61. The van der Waals surface area contributed by atoms with Gasteiger partial charge >= 0.3 is 0 Å². The number of hydrogen-bond donors (Lipinski definition) is 2. The normalized spacial score (nSPS) is 11.5. The van der Waals surface area contributed by atoms with Crippen LogP contribution in [0.25, 0.3) is 22.9 Å². The highest BCUT2D eigenvalue weighted by atomic mass is 35.5. The van der Waals surface area contributed by atoms with Crippen LogP contribution < -0.4 is 5.32 Å². The summed E-state index contributed by atoms with van der Waals surface area (Å²) in [6, 6.07) is 24.5. The zero-order valence-corrected chi connectivity index (χ0v) is 22.4. The first kappa shape index (κ1) is 24.8. The molecule has 0 aliphatic rings. The zero-order valence-electron chi connectivity index (χ0n) is 20.8. The lowest BCUT2D eigenvalue weighted by Gasteiger charge is -2.09. The van der Waals surface area contributed by atoms with E-state index in [0.717, 1.165) is 39.6 Å². The van der Waals surface area contributed by atoms with Gasteiger partial charge in [0.1, 0.15) is 11.6 Å². The molecule has 39 heavy (non-hydrogen) atoms. The molecule has 6 rings (SSSR count). The molecule has 0 radical (unpaired) electrons. The predicted octanol–water partition coefficient (Wildman–Crippen LogP) is 6.89. The van der Waals surface area contributed by atoms with E-state index in [1.165, 1.54) is 11.8 Å². The number of nitrogens with zero attached hydrogens (tertiary/aromatic N) is 5. The Kier molecular flexibility index (Phi) is 6.83. The van der Waals surface area contributed by atoms with Crippen molar-refractivity contribution in [3.05, 3.63) is 113 Å². The highest BCUT2D eigenvalue weighted by Gasteiger charge is 2.12. The average Bonchev–Trinajstić information content (AvgIpc) is 3.55. The Hall–Kier alpha value is -4.47. The highest BCUT2D eigenvalue weighted by Crippen LogP contribution is 2.24. The lowest BCUT2D eigenvalue weighted by molar-refractivity contribution is 0.104. The largest absolute Gasteiger partial charge is 0.341 e. The Morgan fingerprint density at radius 3 is 2.62 bits per heavy atom. The number of aryl methyl sites for hydroxylation is 1. The third-order valence-corrected chi connectivity index (χ3v) is 7.04. The molecular formula is C29H22ClN7OS. The second-order valence-electron chi connectivity index (χ2n) is 8.83. The van der Waals surface area contributed by atoms with E-state index in [1.54, 1.807) is 40.9 Å². The van der Waals surface area contributed by atoms with Crippen molar-refractivity contribution in [3.63, 3.8) is 0 Å². The van der Waals surface area contributed by atoms with Gasteiger partial charge < -0.3 is 10.3 Å². The van der Waals surface area contributed by atoms with E-state index in [-0.39, 0.29) is 5.78 Å². The molecule has 10 heteroatoms. The molecule has 0 spiro atoms. The lowest BCUT2D eigenvalue weighted by atomic mass is 10.1. The summed E-state index contributed by atoms with van der Waals surface area (Å²) < 4.78 is 1.68. The fourth-order valence-corrected chi connectivity index (χ4v) is 4.85. The van der Waals surface area contributed by atoms with E-state index in [0.29, 0.717) is 27.3 Å². The van der Waals surface area contributed by atoms with E-state index in [9.17, 15) is 4.79 Å². The van der Waals surface area contributed by atoms with Gasteiger partial charge in [-0.25, -0.2) is 9.97 Å². The second-order valence-corrected chi connectivity index (χ2v) is 10.2. The molecule has 3 heterocycles. The van der Waals surface area contributed by atoms with Crippen LogP contribution in [0.5, 0.6) is 0 Å². The molecule has 2 N–H and O–H groups in total. The molecule has 0 saturated heterocycles. The van der Waals surface area contributed by atoms with Crippen molar-refractivity contribution in [1.82, 2.24) is 29.5 Å². The number of fused-ring (bicyclic) bond motifs is 2. The number of anilines is 2. The monoisotopic (exact) mass is 551 g/mol. The molecule has 0 saturated carbocycles. The van der Waals surface area contributed by atoms with Gasteiger partial charge in [0, 0.05) is 28.0 Å². The Labute approximate surface area is 233 Å². The van der Waals surface area contributed by atoms with Gasteiger partial charge in [-0.3, -0.25) is 4.79 Å². The van der Waals surface area contributed by atoms with Gasteiger partial charge in [0.2, 0.25) is 5.16 Å². The maximum absolute atomic E-state index is 12.6. The van der Waals surface area contributed by atoms with E-state index in [1.807, 2.05) is 61.5 Å². The van der Waals surface area contributed by atoms with Crippen LogP contribution in [0.2, 0.25) is 5.02 Å². The van der Waals surface area contributed by atoms with Gasteiger partial charge in [-0.05, 0) is 67.1 Å². The van der Waals surface area contributed by atoms with Crippen molar-refractivity contribution in [2.24, 2.45) is 0 Å². The van der Waals surface area contributed by atoms with Crippen LogP contribution in [0.15, 0.2) is 90.1 Å². The van der Waals surface area contributed by atoms with E-state index >= 15 is 0 Å². The van der Waals surface area contributed by atoms with Crippen molar-refractivity contribution in [2.45, 2.75) is 17.8 Å². The standard InChI is InChI=1S/C29H22ClN7OS/c1-18-16-27(32-22-13-9-20(10-14-22)25(38)15-8-19-6-11-21(30)12-7-19)37-28(31-18)35-29(36-37)39-17-26-33-23-4-2-3-5-24(23)34-26/h2-16,32H,17H2,1H3,(H,33,34)/b15-8+. The highest BCUT2D eigenvalue weighted by molar-refractivity contribution is 7.98. The molecule has 0 aliphatic carbocycles. The first-order valence-electron chi connectivity index (χ1n) is 12.2. The summed E-state index contributed by atoms with van der Waals surface area (Å²) in [5, 5.41) is 9.29. The molecule has 3 aromatic carbocycles. The van der Waals surface area contributed by atoms with Gasteiger partial charge in [0.15, 0.2) is 5.78 Å². The Balaban J connectivity index is 1.16. The third-order valence-electron chi connectivity index (χ3n) is 5.94. The molecule has 3 aromatic heterocycles. The van der Waals surface area contributed by atoms with Gasteiger partial charge in [-0.15, -0.1) is 5.10 Å². The number of halogens is 1. The number of carbonyl (C=O) groups is 1. The smallest absolute Gasteiger partial charge is 0.255 e. The number of para-hydroxylation sites is 2. The summed E-state index contributed by atoms with van der Waals surface area (Å²) in [4.78, 5) is 29.7. The minimum Gasteiger partial charge on any atom is -0.341 e. The SMILES string of the molecule is Cc1cc(Nc2ccc(C(=O)/C=C/c3ccc(Cl)cc3)cc2)n2nc(SCc3nc4ccccc4[nH]3)nc2n1. The van der Waals surface area contributed by atoms with Crippen molar-refractivity contribution < 1.29 is 4.79 Å². The lowest BCUT2D eigenvalue weighted by Crippen LogP contribution is -2.03. The maximum atomic E-state index is 12.6. The number of ketones is 1. The number of nitrogens with one attached hydrogen (secondary N) is 2. The number of rotatable bonds is 8. The molecule has 0 amide bonds. The molecule has 6 aromatic rings. The maximum Gasteiger partial charge on any atom is 0.255 e. The molecular weight excluding hydrogens is 530 g/mol. The minimum absolute atomic E-state index is 0.0824. The Morgan fingerprint density at radius 1 is 1.03 bits per heavy atom. The van der Waals surface area contributed by atoms with Crippen LogP contribution in [0, 0.1) is 6.92 Å². The summed E-state index contributed by atoms with van der Waals surface area (Å²) >= 11 is 7.41. The molecule has 0 bridgehead atoms. The van der Waals surface area contributed by atoms with Crippen molar-refractivity contribution in [1.29, 1.82) is 0 Å². The van der Waals surface area contributed by atoms with Gasteiger partial charge in [-0.2, -0.15) is 9.50 Å². The van der Waals surface area contributed by atoms with Crippen molar-refractivity contribution in [2.75, 3.05) is 5.32 Å². The van der Waals surface area contributed by atoms with Crippen LogP contribution in [-0.2, 0) is 5.75 Å². The van der Waals surface area contributed by atoms with Crippen molar-refractivity contribution in [3.8, 4) is 0 Å². The molecule has 8 nitrogen and oxygen atoms in total. The number of allylic oxidation sites excluding steroid dienone is 1. The Bertz CT molecular complexity index is 1790. The van der Waals surface area contributed by atoms with E-state index < -0.39 is 0 Å². The number of aromatic amines is 1. The summed E-state index contributed by atoms with van der Waals surface area (Å²) in [6.45, 7) is 1.91. The van der Waals surface area contributed by atoms with E-state index in [2.05, 4.69) is 30.4 Å². The van der Waals surface area contributed by atoms with Crippen molar-refractivity contribution >= 4 is 63.5 Å². The molecule has 0 fully saturated rings. The number of hydrogen-bond acceptors (Lipinski definition) is 7. The van der Waals surface area contributed by atoms with Gasteiger partial charge in [0.05, 0.1) is 16.8 Å². The van der Waals surface area contributed by atoms with Crippen LogP contribution in [0.3, 0.4) is 0 Å². The van der Waals surface area contributed by atoms with Crippen LogP contribution in [0.4, 0.5) is 11.5 Å². The quantitative estimate of drug-likeness (QED) is 0.121. The number of H-pyrrole nitrogens is 1. The Morgan fingerprint density at radius 2 is 1.82 bits per heavy atom. The fourth-order valence-electron chi connectivity index (χ4n) is 4.03. The summed E-state index contributed by atoms with van der Waals surface area (Å²) in [6.07, 6.45) is 3.33. The molecule has 0 atom stereocenters. The number of thioether (sulfide) groups is 1. The molecule has 0 unspecified atom stereocenters. The first-order valence-corrected chi connectivity index (χ1v) is 13.5. The number of aromatic nitrogens is 6. The molecule has 0 aliphatic heterocycles. The average molecular weight is 552 g/mol. The second kappa shape index (κ2) is 10.7. The van der Waals surface area contributed by atoms with Gasteiger partial charge in [-0.1, -0.05) is 53.7 Å². The van der Waals surface area contributed by atoms with Gasteiger partial charge in [0.25, 0.3) is 5.78 Å². The predicted molar refractivity (Wildman–Crippen MR) is 156 cm³/mol. The third kappa shape index (κ3) is 5.69. The van der Waals surface area contributed by atoms with Crippen LogP contribution >= 0.6 is 23.4 Å². The first-order chi connectivity index (χ1) is 19.0. The number of imidazole rings is 1. The fraction of sp³-hybridized carbons (Fsp3) is 0.0690. The zero-order chi connectivity index (χ0) is 26.8. The van der Waals surface area contributed by atoms with E-state index in [4.69, 9.17) is 11.6 Å². The number of benzene rings is 3. The summed E-state index contributed by atoms with van der Waals surface area (Å²) in [5.41, 5.74) is 5.06. The minimum atomic E-state index is -0.0824.